The molecule has 0 bridgehead atoms. The lowest BCUT2D eigenvalue weighted by Gasteiger charge is -2.26. The van der Waals surface area contributed by atoms with Gasteiger partial charge in [-0.25, -0.2) is 4.79 Å². The van der Waals surface area contributed by atoms with Crippen LogP contribution in [0.25, 0.3) is 0 Å². The second-order valence-corrected chi connectivity index (χ2v) is 5.07. The largest absolute Gasteiger partial charge is 0.481 e. The number of nitrogens with one attached hydrogen (secondary N) is 1. The first-order valence-electron chi connectivity index (χ1n) is 6.78. The minimum atomic E-state index is -0.834. The molecule has 0 aliphatic rings. The first-order valence-corrected chi connectivity index (χ1v) is 6.78. The lowest BCUT2D eigenvalue weighted by Crippen LogP contribution is -2.46. The van der Waals surface area contributed by atoms with E-state index >= 15 is 0 Å². The summed E-state index contributed by atoms with van der Waals surface area (Å²) in [4.78, 5) is 26.3. The van der Waals surface area contributed by atoms with E-state index in [0.29, 0.717) is 19.5 Å². The summed E-state index contributed by atoms with van der Waals surface area (Å²) in [6.45, 7) is 6.07. The molecule has 2 amide bonds. The summed E-state index contributed by atoms with van der Waals surface area (Å²) in [7, 11) is 3.94. The van der Waals surface area contributed by atoms with Crippen LogP contribution in [0.15, 0.2) is 0 Å². The smallest absolute Gasteiger partial charge is 0.317 e. The number of nitrogens with zero attached hydrogens (tertiary/aromatic N) is 2. The molecule has 0 rings (SSSR count). The molecule has 0 spiro atoms. The van der Waals surface area contributed by atoms with Gasteiger partial charge in [-0.3, -0.25) is 4.79 Å². The van der Waals surface area contributed by atoms with Crippen molar-refractivity contribution in [3.8, 4) is 0 Å². The molecule has 0 heterocycles. The Morgan fingerprint density at radius 1 is 1.21 bits per heavy atom. The zero-order valence-electron chi connectivity index (χ0n) is 12.5. The van der Waals surface area contributed by atoms with Crippen LogP contribution in [0.1, 0.15) is 33.1 Å². The number of urea groups is 1. The Labute approximate surface area is 115 Å². The van der Waals surface area contributed by atoms with Crippen molar-refractivity contribution >= 4 is 12.0 Å². The molecule has 2 N–H and O–H groups in total. The highest BCUT2D eigenvalue weighted by atomic mass is 16.4. The van der Waals surface area contributed by atoms with Gasteiger partial charge in [-0.15, -0.1) is 0 Å². The second kappa shape index (κ2) is 9.61. The first-order chi connectivity index (χ1) is 8.86. The molecule has 0 aromatic heterocycles. The van der Waals surface area contributed by atoms with Gasteiger partial charge < -0.3 is 20.2 Å². The Morgan fingerprint density at radius 2 is 1.84 bits per heavy atom. The van der Waals surface area contributed by atoms with Gasteiger partial charge in [0.2, 0.25) is 0 Å². The fourth-order valence-electron chi connectivity index (χ4n) is 1.62. The summed E-state index contributed by atoms with van der Waals surface area (Å²) < 4.78 is 0. The summed E-state index contributed by atoms with van der Waals surface area (Å²) in [6.07, 6.45) is 1.44. The predicted molar refractivity (Wildman–Crippen MR) is 75.3 cm³/mol. The highest BCUT2D eigenvalue weighted by Gasteiger charge is 2.15. The number of aliphatic carboxylic acids is 1. The van der Waals surface area contributed by atoms with Crippen LogP contribution in [-0.2, 0) is 4.79 Å². The second-order valence-electron chi connectivity index (χ2n) is 5.07. The van der Waals surface area contributed by atoms with Crippen LogP contribution in [0.2, 0.25) is 0 Å². The van der Waals surface area contributed by atoms with E-state index in [1.165, 1.54) is 0 Å². The summed E-state index contributed by atoms with van der Waals surface area (Å²) in [5.74, 6) is -0.834. The van der Waals surface area contributed by atoms with Crippen LogP contribution in [0.5, 0.6) is 0 Å². The van der Waals surface area contributed by atoms with Crippen molar-refractivity contribution in [2.75, 3.05) is 33.7 Å². The number of rotatable bonds is 9. The van der Waals surface area contributed by atoms with Gasteiger partial charge in [0.25, 0.3) is 0 Å². The summed E-state index contributed by atoms with van der Waals surface area (Å²) >= 11 is 0. The van der Waals surface area contributed by atoms with Gasteiger partial charge in [0, 0.05) is 32.1 Å². The standard InChI is InChI=1S/C13H27N3O3/c1-5-8-16(10-9-15(3)4)13(19)14-11(2)6-7-12(17)18/h11H,5-10H2,1-4H3,(H,14,19)(H,17,18). The molecule has 0 aromatic rings. The molecule has 1 unspecified atom stereocenters. The fourth-order valence-corrected chi connectivity index (χ4v) is 1.62. The third-order valence-electron chi connectivity index (χ3n) is 2.76. The molecule has 0 saturated heterocycles. The lowest BCUT2D eigenvalue weighted by atomic mass is 10.2. The zero-order valence-corrected chi connectivity index (χ0v) is 12.5. The molecule has 1 atom stereocenters. The minimum Gasteiger partial charge on any atom is -0.481 e. The third-order valence-corrected chi connectivity index (χ3v) is 2.76. The highest BCUT2D eigenvalue weighted by Crippen LogP contribution is 2.00. The molecule has 0 saturated carbocycles. The molecule has 6 nitrogen and oxygen atoms in total. The van der Waals surface area contributed by atoms with E-state index in [2.05, 4.69) is 5.32 Å². The molecule has 6 heteroatoms. The number of hydrogen-bond donors (Lipinski definition) is 2. The molecule has 0 aromatic carbocycles. The number of hydrogen-bond acceptors (Lipinski definition) is 3. The van der Waals surface area contributed by atoms with Gasteiger partial charge in [-0.1, -0.05) is 6.92 Å². The van der Waals surface area contributed by atoms with Crippen LogP contribution in [0.3, 0.4) is 0 Å². The molecule has 0 aliphatic heterocycles. The molecule has 19 heavy (non-hydrogen) atoms. The SMILES string of the molecule is CCCN(CCN(C)C)C(=O)NC(C)CCC(=O)O. The minimum absolute atomic E-state index is 0.0763. The Hall–Kier alpha value is -1.30. The lowest BCUT2D eigenvalue weighted by molar-refractivity contribution is -0.137. The van der Waals surface area contributed by atoms with Crippen LogP contribution >= 0.6 is 0 Å². The van der Waals surface area contributed by atoms with Crippen molar-refractivity contribution in [3.05, 3.63) is 0 Å². The van der Waals surface area contributed by atoms with E-state index in [4.69, 9.17) is 5.11 Å². The Morgan fingerprint density at radius 3 is 2.32 bits per heavy atom. The van der Waals surface area contributed by atoms with E-state index in [-0.39, 0.29) is 18.5 Å². The number of likely N-dealkylation sites (N-methyl/N-ethyl adjacent to an activating group) is 1. The molecular weight excluding hydrogens is 246 g/mol. The van der Waals surface area contributed by atoms with Crippen molar-refractivity contribution in [1.82, 2.24) is 15.1 Å². The topological polar surface area (TPSA) is 72.9 Å². The molecular formula is C13H27N3O3. The summed E-state index contributed by atoms with van der Waals surface area (Å²) in [6, 6.07) is -0.232. The van der Waals surface area contributed by atoms with Crippen molar-refractivity contribution in [2.45, 2.75) is 39.2 Å². The molecule has 0 aliphatic carbocycles. The van der Waals surface area contributed by atoms with Gasteiger partial charge in [0.15, 0.2) is 0 Å². The zero-order chi connectivity index (χ0) is 14.8. The molecule has 0 radical (unpaired) electrons. The highest BCUT2D eigenvalue weighted by molar-refractivity contribution is 5.74. The van der Waals surface area contributed by atoms with E-state index in [1.807, 2.05) is 32.8 Å². The van der Waals surface area contributed by atoms with E-state index in [0.717, 1.165) is 13.0 Å². The number of carboxylic acids is 1. The maximum absolute atomic E-state index is 12.0. The number of carboxylic acid groups (broad SMARTS) is 1. The van der Waals surface area contributed by atoms with E-state index in [9.17, 15) is 9.59 Å². The third kappa shape index (κ3) is 9.30. The maximum atomic E-state index is 12.0. The maximum Gasteiger partial charge on any atom is 0.317 e. The normalized spacial score (nSPS) is 12.3. The Balaban J connectivity index is 4.18. The molecule has 112 valence electrons. The number of carbonyl (C=O) groups excluding carboxylic acids is 1. The van der Waals surface area contributed by atoms with Crippen LogP contribution in [0, 0.1) is 0 Å². The first kappa shape index (κ1) is 17.7. The fraction of sp³-hybridized carbons (Fsp3) is 0.846. The van der Waals surface area contributed by atoms with E-state index < -0.39 is 5.97 Å². The number of amides is 2. The van der Waals surface area contributed by atoms with Crippen LogP contribution in [-0.4, -0.2) is 66.7 Å². The van der Waals surface area contributed by atoms with Crippen LogP contribution in [0.4, 0.5) is 4.79 Å². The predicted octanol–water partition coefficient (Wildman–Crippen LogP) is 1.22. The van der Waals surface area contributed by atoms with Gasteiger partial charge in [-0.05, 0) is 33.9 Å². The average Bonchev–Trinajstić information content (AvgIpc) is 2.31. The summed E-state index contributed by atoms with van der Waals surface area (Å²) in [5, 5.41) is 11.5. The van der Waals surface area contributed by atoms with Gasteiger partial charge >= 0.3 is 12.0 Å². The van der Waals surface area contributed by atoms with Crippen LogP contribution < -0.4 is 5.32 Å². The Kier molecular flexibility index (Phi) is 8.95. The average molecular weight is 273 g/mol. The summed E-state index contributed by atoms with van der Waals surface area (Å²) in [5.41, 5.74) is 0. The quantitative estimate of drug-likeness (QED) is 0.662. The van der Waals surface area contributed by atoms with Gasteiger partial charge in [0.1, 0.15) is 0 Å². The van der Waals surface area contributed by atoms with Gasteiger partial charge in [-0.2, -0.15) is 0 Å². The van der Waals surface area contributed by atoms with Crippen molar-refractivity contribution < 1.29 is 14.7 Å². The van der Waals surface area contributed by atoms with Crippen molar-refractivity contribution in [2.24, 2.45) is 0 Å². The Bertz CT molecular complexity index is 282. The monoisotopic (exact) mass is 273 g/mol. The van der Waals surface area contributed by atoms with E-state index in [1.54, 1.807) is 4.90 Å². The molecule has 0 fully saturated rings. The van der Waals surface area contributed by atoms with Crippen molar-refractivity contribution in [3.63, 3.8) is 0 Å². The van der Waals surface area contributed by atoms with Gasteiger partial charge in [0.05, 0.1) is 0 Å². The number of carbonyl (C=O) groups is 2. The van der Waals surface area contributed by atoms with Crippen molar-refractivity contribution in [1.29, 1.82) is 0 Å².